The first-order valence-corrected chi connectivity index (χ1v) is 10.8. The van der Waals surface area contributed by atoms with E-state index < -0.39 is 0 Å². The zero-order valence-corrected chi connectivity index (χ0v) is 19.0. The van der Waals surface area contributed by atoms with E-state index in [1.54, 1.807) is 7.11 Å². The van der Waals surface area contributed by atoms with Crippen LogP contribution in [-0.2, 0) is 11.3 Å². The molecule has 3 aromatic rings. The van der Waals surface area contributed by atoms with E-state index in [9.17, 15) is 4.79 Å². The number of para-hydroxylation sites is 1. The van der Waals surface area contributed by atoms with Gasteiger partial charge >= 0.3 is 5.97 Å². The Morgan fingerprint density at radius 2 is 1.79 bits per heavy atom. The highest BCUT2D eigenvalue weighted by Gasteiger charge is 2.28. The van der Waals surface area contributed by atoms with Gasteiger partial charge < -0.3 is 18.9 Å². The number of halogens is 1. The van der Waals surface area contributed by atoms with E-state index in [0.717, 1.165) is 46.4 Å². The standard InChI is InChI=1S/C23H27BrN2O3/c1-5-25(6-2)15-20-22(23(27)29-7-3)17-13-21(28-4)18(24)14-19(17)26(20)16-11-9-8-10-12-16/h8-14H,5-7,15H2,1-4H3/p+1. The number of nitrogens with one attached hydrogen (secondary N) is 1. The van der Waals surface area contributed by atoms with E-state index in [2.05, 4.69) is 46.5 Å². The topological polar surface area (TPSA) is 44.9 Å². The summed E-state index contributed by atoms with van der Waals surface area (Å²) in [5.74, 6) is 0.396. The number of hydrogen-bond acceptors (Lipinski definition) is 3. The van der Waals surface area contributed by atoms with Gasteiger partial charge in [-0.05, 0) is 61.0 Å². The van der Waals surface area contributed by atoms with Gasteiger partial charge in [0, 0.05) is 11.1 Å². The molecular formula is C23H28BrN2O3+. The van der Waals surface area contributed by atoms with Crippen LogP contribution in [0.2, 0.25) is 0 Å². The molecule has 0 aliphatic carbocycles. The lowest BCUT2D eigenvalue weighted by Crippen LogP contribution is -3.10. The Morgan fingerprint density at radius 1 is 1.10 bits per heavy atom. The number of carbonyl (C=O) groups is 1. The van der Waals surface area contributed by atoms with Crippen molar-refractivity contribution in [3.8, 4) is 11.4 Å². The monoisotopic (exact) mass is 459 g/mol. The fraction of sp³-hybridized carbons (Fsp3) is 0.348. The molecule has 0 bridgehead atoms. The molecule has 1 heterocycles. The minimum Gasteiger partial charge on any atom is -0.496 e. The molecule has 5 nitrogen and oxygen atoms in total. The van der Waals surface area contributed by atoms with Gasteiger partial charge in [0.1, 0.15) is 12.3 Å². The van der Waals surface area contributed by atoms with E-state index in [1.807, 2.05) is 37.3 Å². The number of nitrogens with zero attached hydrogens (tertiary/aromatic N) is 1. The lowest BCUT2D eigenvalue weighted by Gasteiger charge is -2.18. The van der Waals surface area contributed by atoms with Gasteiger partial charge in [-0.15, -0.1) is 0 Å². The molecular weight excluding hydrogens is 432 g/mol. The van der Waals surface area contributed by atoms with Crippen molar-refractivity contribution in [2.45, 2.75) is 27.3 Å². The summed E-state index contributed by atoms with van der Waals surface area (Å²) in [6.45, 7) is 9.17. The summed E-state index contributed by atoms with van der Waals surface area (Å²) in [6.07, 6.45) is 0. The molecule has 1 aromatic heterocycles. The van der Waals surface area contributed by atoms with Crippen LogP contribution in [0.15, 0.2) is 46.9 Å². The summed E-state index contributed by atoms with van der Waals surface area (Å²) in [4.78, 5) is 14.5. The number of aromatic nitrogens is 1. The Morgan fingerprint density at radius 3 is 2.38 bits per heavy atom. The van der Waals surface area contributed by atoms with Gasteiger partial charge in [-0.25, -0.2) is 4.79 Å². The number of quaternary nitrogens is 1. The third-order valence-electron chi connectivity index (χ3n) is 5.25. The van der Waals surface area contributed by atoms with Crippen molar-refractivity contribution >= 4 is 32.8 Å². The molecule has 0 amide bonds. The van der Waals surface area contributed by atoms with Crippen molar-refractivity contribution in [3.63, 3.8) is 0 Å². The maximum atomic E-state index is 13.1. The summed E-state index contributed by atoms with van der Waals surface area (Å²) in [5.41, 5.74) is 3.56. The third-order valence-corrected chi connectivity index (χ3v) is 5.87. The Hall–Kier alpha value is -2.31. The van der Waals surface area contributed by atoms with E-state index in [4.69, 9.17) is 9.47 Å². The molecule has 6 heteroatoms. The highest BCUT2D eigenvalue weighted by atomic mass is 79.9. The molecule has 0 saturated heterocycles. The molecule has 0 radical (unpaired) electrons. The summed E-state index contributed by atoms with van der Waals surface area (Å²) in [5, 5.41) is 0.842. The fourth-order valence-corrected chi connectivity index (χ4v) is 4.20. The highest BCUT2D eigenvalue weighted by Crippen LogP contribution is 2.37. The van der Waals surface area contributed by atoms with Gasteiger partial charge in [-0.2, -0.15) is 0 Å². The molecule has 0 aliphatic heterocycles. The van der Waals surface area contributed by atoms with E-state index in [1.165, 1.54) is 4.90 Å². The highest BCUT2D eigenvalue weighted by molar-refractivity contribution is 9.10. The maximum Gasteiger partial charge on any atom is 0.340 e. The zero-order valence-electron chi connectivity index (χ0n) is 17.4. The number of methoxy groups -OCH3 is 1. The molecule has 154 valence electrons. The first kappa shape index (κ1) is 21.4. The number of benzene rings is 2. The molecule has 0 aliphatic rings. The summed E-state index contributed by atoms with van der Waals surface area (Å²) >= 11 is 3.60. The van der Waals surface area contributed by atoms with Crippen LogP contribution in [-0.4, -0.2) is 37.3 Å². The van der Waals surface area contributed by atoms with Gasteiger partial charge in [0.15, 0.2) is 0 Å². The number of hydrogen-bond donors (Lipinski definition) is 1. The van der Waals surface area contributed by atoms with Crippen molar-refractivity contribution in [3.05, 3.63) is 58.2 Å². The third kappa shape index (κ3) is 4.19. The molecule has 29 heavy (non-hydrogen) atoms. The quantitative estimate of drug-likeness (QED) is 0.517. The van der Waals surface area contributed by atoms with Crippen LogP contribution in [0.1, 0.15) is 36.8 Å². The van der Waals surface area contributed by atoms with Crippen LogP contribution in [0.25, 0.3) is 16.6 Å². The molecule has 3 rings (SSSR count). The van der Waals surface area contributed by atoms with Crippen molar-refractivity contribution in [1.29, 1.82) is 0 Å². The Labute approximate surface area is 180 Å². The van der Waals surface area contributed by atoms with Gasteiger partial charge in [0.2, 0.25) is 0 Å². The second kappa shape index (κ2) is 9.46. The lowest BCUT2D eigenvalue weighted by atomic mass is 10.1. The van der Waals surface area contributed by atoms with E-state index in [-0.39, 0.29) is 5.97 Å². The number of carbonyl (C=O) groups excluding carboxylic acids is 1. The van der Waals surface area contributed by atoms with Crippen LogP contribution < -0.4 is 9.64 Å². The van der Waals surface area contributed by atoms with E-state index in [0.29, 0.717) is 17.9 Å². The SMILES string of the molecule is CCOC(=O)c1c(C[NH+](CC)CC)n(-c2ccccc2)c2cc(Br)c(OC)cc12. The predicted molar refractivity (Wildman–Crippen MR) is 119 cm³/mol. The van der Waals surface area contributed by atoms with Gasteiger partial charge in [0.25, 0.3) is 0 Å². The fourth-order valence-electron chi connectivity index (χ4n) is 3.70. The first-order chi connectivity index (χ1) is 14.0. The van der Waals surface area contributed by atoms with Crippen molar-refractivity contribution in [2.24, 2.45) is 0 Å². The Balaban J connectivity index is 2.40. The zero-order chi connectivity index (χ0) is 21.0. The second-order valence-electron chi connectivity index (χ2n) is 6.85. The van der Waals surface area contributed by atoms with Gasteiger partial charge in [-0.3, -0.25) is 0 Å². The minimum atomic E-state index is -0.293. The number of ether oxygens (including phenoxy) is 2. The van der Waals surface area contributed by atoms with Gasteiger partial charge in [0.05, 0.1) is 48.1 Å². The lowest BCUT2D eigenvalue weighted by molar-refractivity contribution is -0.910. The average molecular weight is 460 g/mol. The van der Waals surface area contributed by atoms with E-state index >= 15 is 0 Å². The summed E-state index contributed by atoms with van der Waals surface area (Å²) < 4.78 is 14.0. The molecule has 0 saturated carbocycles. The minimum absolute atomic E-state index is 0.293. The largest absolute Gasteiger partial charge is 0.496 e. The smallest absolute Gasteiger partial charge is 0.340 e. The van der Waals surface area contributed by atoms with Crippen molar-refractivity contribution in [2.75, 3.05) is 26.8 Å². The number of rotatable bonds is 8. The van der Waals surface area contributed by atoms with Crippen molar-refractivity contribution in [1.82, 2.24) is 4.57 Å². The molecule has 0 spiro atoms. The maximum absolute atomic E-state index is 13.1. The van der Waals surface area contributed by atoms with Crippen LogP contribution in [0, 0.1) is 0 Å². The first-order valence-electron chi connectivity index (χ1n) is 10.0. The summed E-state index contributed by atoms with van der Waals surface area (Å²) in [7, 11) is 1.63. The van der Waals surface area contributed by atoms with Crippen LogP contribution in [0.4, 0.5) is 0 Å². The molecule has 0 fully saturated rings. The average Bonchev–Trinajstić information content (AvgIpc) is 3.04. The second-order valence-corrected chi connectivity index (χ2v) is 7.71. The normalized spacial score (nSPS) is 11.2. The van der Waals surface area contributed by atoms with Crippen LogP contribution in [0.3, 0.4) is 0 Å². The predicted octanol–water partition coefficient (Wildman–Crippen LogP) is 4.00. The Kier molecular flexibility index (Phi) is 6.98. The molecule has 2 aromatic carbocycles. The molecule has 0 atom stereocenters. The molecule has 0 unspecified atom stereocenters. The molecule has 1 N–H and O–H groups in total. The number of esters is 1. The summed E-state index contributed by atoms with van der Waals surface area (Å²) in [6, 6.07) is 14.1. The van der Waals surface area contributed by atoms with Gasteiger partial charge in [-0.1, -0.05) is 18.2 Å². The number of fused-ring (bicyclic) bond motifs is 1. The van der Waals surface area contributed by atoms with Crippen LogP contribution >= 0.6 is 15.9 Å². The Bertz CT molecular complexity index is 995. The van der Waals surface area contributed by atoms with Crippen LogP contribution in [0.5, 0.6) is 5.75 Å². The van der Waals surface area contributed by atoms with Crippen molar-refractivity contribution < 1.29 is 19.2 Å².